The minimum Gasteiger partial charge on any atom is -0.497 e. The number of hydrogen-bond donors (Lipinski definition) is 1. The fourth-order valence-corrected chi connectivity index (χ4v) is 2.75. The Bertz CT molecular complexity index is 910. The van der Waals surface area contributed by atoms with Crippen LogP contribution in [0.2, 0.25) is 0 Å². The highest BCUT2D eigenvalue weighted by molar-refractivity contribution is 9.10. The number of hydrogen-bond acceptors (Lipinski definition) is 5. The number of ether oxygens (including phenoxy) is 1. The molecule has 0 atom stereocenters. The van der Waals surface area contributed by atoms with Crippen molar-refractivity contribution in [3.8, 4) is 17.1 Å². The van der Waals surface area contributed by atoms with E-state index in [1.807, 2.05) is 49.4 Å². The molecule has 0 aliphatic carbocycles. The summed E-state index contributed by atoms with van der Waals surface area (Å²) >= 11 is 3.40. The van der Waals surface area contributed by atoms with Gasteiger partial charge in [0, 0.05) is 15.7 Å². The molecule has 0 aliphatic rings. The summed E-state index contributed by atoms with van der Waals surface area (Å²) in [5.41, 5.74) is 2.49. The van der Waals surface area contributed by atoms with Gasteiger partial charge in [0.25, 0.3) is 0 Å². The van der Waals surface area contributed by atoms with E-state index in [2.05, 4.69) is 36.7 Å². The molecule has 25 heavy (non-hydrogen) atoms. The monoisotopic (exact) mass is 401 g/mol. The van der Waals surface area contributed by atoms with Crippen LogP contribution in [0.1, 0.15) is 5.56 Å². The average molecular weight is 402 g/mol. The van der Waals surface area contributed by atoms with Crippen LogP contribution >= 0.6 is 15.9 Å². The van der Waals surface area contributed by atoms with E-state index in [1.54, 1.807) is 7.11 Å². The number of rotatable bonds is 5. The number of nitrogens with zero attached hydrogens (tertiary/aromatic N) is 4. The van der Waals surface area contributed by atoms with Crippen LogP contribution in [0.3, 0.4) is 0 Å². The zero-order chi connectivity index (χ0) is 17.8. The van der Waals surface area contributed by atoms with Crippen LogP contribution in [0.5, 0.6) is 5.75 Å². The predicted octanol–water partition coefficient (Wildman–Crippen LogP) is 3.06. The number of halogens is 1. The van der Waals surface area contributed by atoms with Gasteiger partial charge in [0.05, 0.1) is 7.11 Å². The zero-order valence-corrected chi connectivity index (χ0v) is 15.3. The second kappa shape index (κ2) is 7.43. The number of amides is 1. The molecule has 0 unspecified atom stereocenters. The van der Waals surface area contributed by atoms with Crippen LogP contribution in [-0.2, 0) is 11.3 Å². The van der Waals surface area contributed by atoms with E-state index in [0.717, 1.165) is 21.3 Å². The van der Waals surface area contributed by atoms with Gasteiger partial charge in [0.1, 0.15) is 12.3 Å². The van der Waals surface area contributed by atoms with Crippen LogP contribution in [0.4, 0.5) is 5.69 Å². The van der Waals surface area contributed by atoms with E-state index in [9.17, 15) is 4.79 Å². The number of anilines is 1. The van der Waals surface area contributed by atoms with Crippen LogP contribution in [0, 0.1) is 6.92 Å². The Morgan fingerprint density at radius 3 is 2.88 bits per heavy atom. The van der Waals surface area contributed by atoms with Crippen LogP contribution in [0.15, 0.2) is 46.9 Å². The highest BCUT2D eigenvalue weighted by atomic mass is 79.9. The number of nitrogens with one attached hydrogen (secondary N) is 1. The molecule has 1 N–H and O–H groups in total. The summed E-state index contributed by atoms with van der Waals surface area (Å²) in [5.74, 6) is 0.920. The molecule has 0 saturated heterocycles. The molecular weight excluding hydrogens is 386 g/mol. The number of carbonyl (C=O) groups is 1. The van der Waals surface area contributed by atoms with Crippen molar-refractivity contribution < 1.29 is 9.53 Å². The fraction of sp³-hybridized carbons (Fsp3) is 0.176. The van der Waals surface area contributed by atoms with Gasteiger partial charge in [-0.15, -0.1) is 10.2 Å². The van der Waals surface area contributed by atoms with Gasteiger partial charge in [-0.05, 0) is 48.0 Å². The summed E-state index contributed by atoms with van der Waals surface area (Å²) in [6.07, 6.45) is 0. The van der Waals surface area contributed by atoms with E-state index in [1.165, 1.54) is 4.80 Å². The minimum atomic E-state index is -0.222. The maximum absolute atomic E-state index is 12.2. The molecule has 3 rings (SSSR count). The van der Waals surface area contributed by atoms with Crippen LogP contribution in [0.25, 0.3) is 11.4 Å². The van der Waals surface area contributed by atoms with Crippen molar-refractivity contribution in [1.29, 1.82) is 0 Å². The van der Waals surface area contributed by atoms with Gasteiger partial charge in [-0.1, -0.05) is 28.1 Å². The van der Waals surface area contributed by atoms with Crippen LogP contribution < -0.4 is 10.1 Å². The van der Waals surface area contributed by atoms with E-state index in [-0.39, 0.29) is 12.5 Å². The topological polar surface area (TPSA) is 81.9 Å². The Hall–Kier alpha value is -2.74. The first-order valence-corrected chi connectivity index (χ1v) is 8.32. The lowest BCUT2D eigenvalue weighted by Crippen LogP contribution is -2.20. The molecule has 0 saturated carbocycles. The third-order valence-corrected chi connectivity index (χ3v) is 4.02. The van der Waals surface area contributed by atoms with Gasteiger partial charge in [-0.3, -0.25) is 4.79 Å². The molecule has 1 heterocycles. The van der Waals surface area contributed by atoms with Crippen molar-refractivity contribution in [2.45, 2.75) is 13.5 Å². The van der Waals surface area contributed by atoms with E-state index < -0.39 is 0 Å². The van der Waals surface area contributed by atoms with Crippen molar-refractivity contribution in [1.82, 2.24) is 20.2 Å². The van der Waals surface area contributed by atoms with E-state index >= 15 is 0 Å². The molecular formula is C17H16BrN5O2. The van der Waals surface area contributed by atoms with Gasteiger partial charge in [0.15, 0.2) is 0 Å². The number of benzene rings is 2. The summed E-state index contributed by atoms with van der Waals surface area (Å²) in [6, 6.07) is 13.0. The molecule has 0 spiro atoms. The molecule has 2 aromatic carbocycles. The quantitative estimate of drug-likeness (QED) is 0.710. The maximum Gasteiger partial charge on any atom is 0.248 e. The van der Waals surface area contributed by atoms with Gasteiger partial charge in [-0.25, -0.2) is 0 Å². The normalized spacial score (nSPS) is 10.5. The van der Waals surface area contributed by atoms with Crippen molar-refractivity contribution in [3.05, 3.63) is 52.5 Å². The molecule has 0 radical (unpaired) electrons. The van der Waals surface area contributed by atoms with Crippen molar-refractivity contribution in [3.63, 3.8) is 0 Å². The Morgan fingerprint density at radius 2 is 2.12 bits per heavy atom. The standard InChI is InChI=1S/C17H16BrN5O2/c1-11-8-13(18)6-7-15(11)19-16(24)10-23-21-17(20-22-23)12-4-3-5-14(9-12)25-2/h3-9H,10H2,1-2H3,(H,19,24). The Balaban J connectivity index is 1.69. The number of methoxy groups -OCH3 is 1. The highest BCUT2D eigenvalue weighted by Gasteiger charge is 2.11. The largest absolute Gasteiger partial charge is 0.497 e. The maximum atomic E-state index is 12.2. The first-order chi connectivity index (χ1) is 12.0. The molecule has 0 bridgehead atoms. The molecule has 7 nitrogen and oxygen atoms in total. The molecule has 8 heteroatoms. The Kier molecular flexibility index (Phi) is 5.08. The van der Waals surface area contributed by atoms with Crippen molar-refractivity contribution in [2.24, 2.45) is 0 Å². The van der Waals surface area contributed by atoms with Gasteiger partial charge in [-0.2, -0.15) is 4.80 Å². The lowest BCUT2D eigenvalue weighted by molar-refractivity contribution is -0.117. The molecule has 1 aromatic heterocycles. The van der Waals surface area contributed by atoms with Gasteiger partial charge < -0.3 is 10.1 Å². The fourth-order valence-electron chi connectivity index (χ4n) is 2.27. The van der Waals surface area contributed by atoms with Crippen molar-refractivity contribution >= 4 is 27.5 Å². The average Bonchev–Trinajstić information content (AvgIpc) is 3.06. The highest BCUT2D eigenvalue weighted by Crippen LogP contribution is 2.21. The molecule has 1 amide bonds. The smallest absolute Gasteiger partial charge is 0.248 e. The first-order valence-electron chi connectivity index (χ1n) is 7.53. The lowest BCUT2D eigenvalue weighted by Gasteiger charge is -2.08. The third-order valence-electron chi connectivity index (χ3n) is 3.53. The first kappa shape index (κ1) is 17.1. The third kappa shape index (κ3) is 4.21. The number of tetrazole rings is 1. The number of carbonyl (C=O) groups excluding carboxylic acids is 1. The number of aryl methyl sites for hydroxylation is 1. The summed E-state index contributed by atoms with van der Waals surface area (Å²) in [5, 5.41) is 15.0. The summed E-state index contributed by atoms with van der Waals surface area (Å²) in [7, 11) is 1.60. The second-order valence-electron chi connectivity index (χ2n) is 5.38. The molecule has 128 valence electrons. The summed E-state index contributed by atoms with van der Waals surface area (Å²) in [4.78, 5) is 13.5. The predicted molar refractivity (Wildman–Crippen MR) is 97.3 cm³/mol. The van der Waals surface area contributed by atoms with Crippen molar-refractivity contribution in [2.75, 3.05) is 12.4 Å². The Morgan fingerprint density at radius 1 is 1.28 bits per heavy atom. The molecule has 0 fully saturated rings. The second-order valence-corrected chi connectivity index (χ2v) is 6.30. The molecule has 0 aliphatic heterocycles. The molecule has 3 aromatic rings. The van der Waals surface area contributed by atoms with Crippen LogP contribution in [-0.4, -0.2) is 33.2 Å². The van der Waals surface area contributed by atoms with E-state index in [0.29, 0.717) is 11.6 Å². The lowest BCUT2D eigenvalue weighted by atomic mass is 10.2. The van der Waals surface area contributed by atoms with E-state index in [4.69, 9.17) is 4.74 Å². The van der Waals surface area contributed by atoms with Gasteiger partial charge in [0.2, 0.25) is 11.7 Å². The minimum absolute atomic E-state index is 0.0214. The van der Waals surface area contributed by atoms with Gasteiger partial charge >= 0.3 is 0 Å². The SMILES string of the molecule is COc1cccc(-c2nnn(CC(=O)Nc3ccc(Br)cc3C)n2)c1. The summed E-state index contributed by atoms with van der Waals surface area (Å²) in [6.45, 7) is 1.90. The summed E-state index contributed by atoms with van der Waals surface area (Å²) < 4.78 is 6.15. The number of aromatic nitrogens is 4. The Labute approximate surface area is 153 Å². The zero-order valence-electron chi connectivity index (χ0n) is 13.7.